The average molecular weight is 908 g/mol. The summed E-state index contributed by atoms with van der Waals surface area (Å²) in [5, 5.41) is 0. The van der Waals surface area contributed by atoms with E-state index in [-0.39, 0.29) is 5.97 Å². The van der Waals surface area contributed by atoms with Crippen LogP contribution in [0.15, 0.2) is 12.1 Å². The third-order valence-corrected chi connectivity index (χ3v) is 14.8. The first-order valence-corrected chi connectivity index (χ1v) is 30.4. The van der Waals surface area contributed by atoms with Gasteiger partial charge in [-0.25, -0.2) is 0 Å². The molecule has 2 heteroatoms. The lowest BCUT2D eigenvalue weighted by Gasteiger charge is -2.18. The average Bonchev–Trinajstić information content (AvgIpc) is 3.30. The summed E-state index contributed by atoms with van der Waals surface area (Å²) in [6.45, 7) is 8.91. The van der Waals surface area contributed by atoms with Crippen molar-refractivity contribution in [1.29, 1.82) is 0 Å². The number of hydrogen-bond donors (Lipinski definition) is 0. The van der Waals surface area contributed by atoms with Gasteiger partial charge in [-0.15, -0.1) is 0 Å². The summed E-state index contributed by atoms with van der Waals surface area (Å²) in [6, 6.07) is 4.88. The topological polar surface area (TPSA) is 26.3 Å². The Morgan fingerprint density at radius 2 is 0.508 bits per heavy atom. The maximum atomic E-state index is 11.9. The Kier molecular flexibility index (Phi) is 48.0. The van der Waals surface area contributed by atoms with Crippen molar-refractivity contribution in [3.8, 4) is 0 Å². The minimum Gasteiger partial charge on any atom is -0.461 e. The molecule has 0 spiro atoms. The quantitative estimate of drug-likeness (QED) is 0.0481. The number of ether oxygens (including phenoxy) is 1. The molecule has 0 fully saturated rings. The lowest BCUT2D eigenvalue weighted by atomic mass is 9.88. The van der Waals surface area contributed by atoms with Crippen LogP contribution in [-0.4, -0.2) is 5.97 Å². The van der Waals surface area contributed by atoms with E-state index >= 15 is 0 Å². The summed E-state index contributed by atoms with van der Waals surface area (Å²) in [7, 11) is 0. The summed E-state index contributed by atoms with van der Waals surface area (Å²) in [5.41, 5.74) is 6.04. The Bertz CT molecular complexity index is 1050. The van der Waals surface area contributed by atoms with E-state index in [2.05, 4.69) is 32.9 Å². The van der Waals surface area contributed by atoms with Crippen LogP contribution in [0.5, 0.6) is 0 Å². The van der Waals surface area contributed by atoms with Crippen molar-refractivity contribution in [2.24, 2.45) is 0 Å². The Balaban J connectivity index is 2.56. The molecule has 0 radical (unpaired) electrons. The third kappa shape index (κ3) is 42.5. The molecule has 0 unspecified atom stereocenters. The van der Waals surface area contributed by atoms with Crippen LogP contribution in [0.25, 0.3) is 0 Å². The van der Waals surface area contributed by atoms with Gasteiger partial charge in [-0.1, -0.05) is 322 Å². The fourth-order valence-corrected chi connectivity index (χ4v) is 10.5. The highest BCUT2D eigenvalue weighted by Gasteiger charge is 2.13. The number of carbonyl (C=O) groups excluding carboxylic acids is 1. The van der Waals surface area contributed by atoms with Gasteiger partial charge in [-0.3, -0.25) is 4.79 Å². The fraction of sp³-hybridized carbons (Fsp3) is 0.889. The molecule has 0 saturated carbocycles. The fourth-order valence-electron chi connectivity index (χ4n) is 10.5. The van der Waals surface area contributed by atoms with Crippen LogP contribution in [0.2, 0.25) is 0 Å². The van der Waals surface area contributed by atoms with Crippen LogP contribution in [0, 0.1) is 0 Å². The first-order chi connectivity index (χ1) is 32.1. The highest BCUT2D eigenvalue weighted by Crippen LogP contribution is 2.27. The van der Waals surface area contributed by atoms with E-state index in [9.17, 15) is 4.79 Å². The van der Waals surface area contributed by atoms with Gasteiger partial charge >= 0.3 is 5.97 Å². The van der Waals surface area contributed by atoms with Crippen LogP contribution in [0.3, 0.4) is 0 Å². The number of unbranched alkanes of at least 4 members (excludes halogenated alkanes) is 45. The molecule has 1 aromatic rings. The van der Waals surface area contributed by atoms with Crippen molar-refractivity contribution in [2.75, 3.05) is 0 Å². The first kappa shape index (κ1) is 61.7. The predicted octanol–water partition coefficient (Wildman–Crippen LogP) is 22.2. The van der Waals surface area contributed by atoms with E-state index in [1.807, 2.05) is 0 Å². The molecular weight excluding hydrogens is 789 g/mol. The minimum atomic E-state index is -0.166. The number of esters is 1. The Hall–Kier alpha value is -1.31. The van der Waals surface area contributed by atoms with Crippen molar-refractivity contribution in [2.45, 2.75) is 362 Å². The smallest absolute Gasteiger partial charge is 0.302 e. The van der Waals surface area contributed by atoms with Crippen molar-refractivity contribution < 1.29 is 9.53 Å². The maximum Gasteiger partial charge on any atom is 0.302 e. The second-order valence-corrected chi connectivity index (χ2v) is 21.3. The summed E-state index contributed by atoms with van der Waals surface area (Å²) >= 11 is 0. The molecule has 0 amide bonds. The molecule has 0 bridgehead atoms. The molecule has 0 aliphatic carbocycles. The van der Waals surface area contributed by atoms with E-state index in [0.717, 1.165) is 0 Å². The molecule has 65 heavy (non-hydrogen) atoms. The van der Waals surface area contributed by atoms with Crippen LogP contribution < -0.4 is 0 Å². The Morgan fingerprint density at radius 1 is 0.308 bits per heavy atom. The molecule has 0 heterocycles. The zero-order valence-corrected chi connectivity index (χ0v) is 45.2. The van der Waals surface area contributed by atoms with Gasteiger partial charge in [0, 0.05) is 6.92 Å². The van der Waals surface area contributed by atoms with Gasteiger partial charge < -0.3 is 4.74 Å². The van der Waals surface area contributed by atoms with Gasteiger partial charge in [0.05, 0.1) is 0 Å². The van der Waals surface area contributed by atoms with E-state index < -0.39 is 0 Å². The number of aryl methyl sites for hydroxylation is 2. The van der Waals surface area contributed by atoms with E-state index in [1.165, 1.54) is 333 Å². The van der Waals surface area contributed by atoms with Gasteiger partial charge in [-0.05, 0) is 60.8 Å². The van der Waals surface area contributed by atoms with Gasteiger partial charge in [-0.2, -0.15) is 0 Å². The monoisotopic (exact) mass is 907 g/mol. The van der Waals surface area contributed by atoms with Crippen LogP contribution in [0.1, 0.15) is 358 Å². The van der Waals surface area contributed by atoms with Crippen LogP contribution in [-0.2, 0) is 35.4 Å². The lowest BCUT2D eigenvalue weighted by Crippen LogP contribution is -2.06. The standard InChI is InChI=1S/C63H118O2/c1-5-8-11-14-17-20-23-26-29-32-35-38-41-44-47-50-53-61-56-60(58-65-59(4)64)57-62(54-51-48-45-42-39-36-33-30-27-24-21-18-15-12-9-6-2)63(61)55-52-49-46-43-40-37-34-31-28-25-22-19-16-13-10-7-3/h56-57H,5-55,58H2,1-4H3. The third-order valence-electron chi connectivity index (χ3n) is 14.8. The molecule has 0 aromatic heterocycles. The van der Waals surface area contributed by atoms with E-state index in [4.69, 9.17) is 4.74 Å². The SMILES string of the molecule is CCCCCCCCCCCCCCCCCCc1cc(COC(C)=O)cc(CCCCCCCCCCCCCCCCCC)c1CCCCCCCCCCCCCCCCCC. The van der Waals surface area contributed by atoms with Crippen molar-refractivity contribution >= 4 is 5.97 Å². The molecule has 1 aromatic carbocycles. The largest absolute Gasteiger partial charge is 0.461 e. The Labute approximate surface area is 410 Å². The van der Waals surface area contributed by atoms with Gasteiger partial charge in [0.25, 0.3) is 0 Å². The van der Waals surface area contributed by atoms with Crippen LogP contribution >= 0.6 is 0 Å². The second-order valence-electron chi connectivity index (χ2n) is 21.3. The molecule has 1 rings (SSSR count). The van der Waals surface area contributed by atoms with E-state index in [1.54, 1.807) is 23.6 Å². The Morgan fingerprint density at radius 3 is 0.723 bits per heavy atom. The van der Waals surface area contributed by atoms with E-state index in [0.29, 0.717) is 6.61 Å². The number of rotatable bonds is 53. The zero-order valence-electron chi connectivity index (χ0n) is 45.2. The number of benzene rings is 1. The minimum absolute atomic E-state index is 0.166. The second kappa shape index (κ2) is 50.6. The predicted molar refractivity (Wildman–Crippen MR) is 292 cm³/mol. The van der Waals surface area contributed by atoms with Crippen molar-refractivity contribution in [1.82, 2.24) is 0 Å². The van der Waals surface area contributed by atoms with Gasteiger partial charge in [0.1, 0.15) is 6.61 Å². The summed E-state index contributed by atoms with van der Waals surface area (Å²) in [6.07, 6.45) is 71.7. The normalized spacial score (nSPS) is 11.6. The van der Waals surface area contributed by atoms with Gasteiger partial charge in [0.2, 0.25) is 0 Å². The zero-order chi connectivity index (χ0) is 46.8. The van der Waals surface area contributed by atoms with Crippen molar-refractivity contribution in [3.05, 3.63) is 34.4 Å². The van der Waals surface area contributed by atoms with Gasteiger partial charge in [0.15, 0.2) is 0 Å². The van der Waals surface area contributed by atoms with Crippen LogP contribution in [0.4, 0.5) is 0 Å². The lowest BCUT2D eigenvalue weighted by molar-refractivity contribution is -0.142. The molecule has 382 valence electrons. The van der Waals surface area contributed by atoms with Crippen molar-refractivity contribution in [3.63, 3.8) is 0 Å². The number of hydrogen-bond acceptors (Lipinski definition) is 2. The highest BCUT2D eigenvalue weighted by molar-refractivity contribution is 5.66. The molecule has 0 atom stereocenters. The molecule has 2 nitrogen and oxygen atoms in total. The first-order valence-electron chi connectivity index (χ1n) is 30.4. The molecule has 0 N–H and O–H groups in total. The molecule has 0 saturated heterocycles. The summed E-state index contributed by atoms with van der Waals surface area (Å²) in [5.74, 6) is -0.166. The summed E-state index contributed by atoms with van der Waals surface area (Å²) in [4.78, 5) is 11.9. The number of carbonyl (C=O) groups is 1. The maximum absolute atomic E-state index is 11.9. The summed E-state index contributed by atoms with van der Waals surface area (Å²) < 4.78 is 5.60. The molecular formula is C63H118O2. The molecule has 0 aliphatic heterocycles. The molecule has 0 aliphatic rings. The highest BCUT2D eigenvalue weighted by atomic mass is 16.5.